The Kier molecular flexibility index (Phi) is 27.3. The predicted octanol–water partition coefficient (Wildman–Crippen LogP) is 13.7. The highest BCUT2D eigenvalue weighted by molar-refractivity contribution is 4.90. The molecule has 0 amide bonds. The van der Waals surface area contributed by atoms with Crippen LogP contribution in [0.15, 0.2) is 12.4 Å². The van der Waals surface area contributed by atoms with Gasteiger partial charge in [-0.2, -0.15) is 0 Å². The maximum atomic E-state index is 3.72. The van der Waals surface area contributed by atoms with Crippen molar-refractivity contribution in [3.05, 3.63) is 18.2 Å². The fourth-order valence-corrected chi connectivity index (χ4v) is 6.78. The van der Waals surface area contributed by atoms with E-state index in [1.165, 1.54) is 198 Å². The Hall–Kier alpha value is -0.790. The van der Waals surface area contributed by atoms with Crippen molar-refractivity contribution < 1.29 is 4.57 Å². The van der Waals surface area contributed by atoms with Crippen LogP contribution in [0.1, 0.15) is 238 Å². The summed E-state index contributed by atoms with van der Waals surface area (Å²) in [5.41, 5.74) is 0. The van der Waals surface area contributed by atoms with E-state index in [0.717, 1.165) is 0 Å². The Bertz CT molecular complexity index is 635. The summed E-state index contributed by atoms with van der Waals surface area (Å²) in [5.74, 6) is 2.24. The lowest BCUT2D eigenvalue weighted by Crippen LogP contribution is -2.41. The van der Waals surface area contributed by atoms with Gasteiger partial charge in [0.1, 0.15) is 12.4 Å². The molecule has 0 saturated carbocycles. The Labute approximate surface area is 259 Å². The molecule has 0 radical (unpaired) electrons. The number of rotatable bonds is 32. The summed E-state index contributed by atoms with van der Waals surface area (Å²) in [7, 11) is 0. The lowest BCUT2D eigenvalue weighted by Gasteiger charge is -2.17. The molecule has 2 atom stereocenters. The quantitative estimate of drug-likeness (QED) is 0.0653. The van der Waals surface area contributed by atoms with E-state index in [2.05, 4.69) is 49.6 Å². The second kappa shape index (κ2) is 29.3. The normalized spacial score (nSPS) is 13.2. The lowest BCUT2D eigenvalue weighted by atomic mass is 9.93. The molecule has 0 bridgehead atoms. The van der Waals surface area contributed by atoms with Gasteiger partial charge in [0, 0.05) is 0 Å². The Morgan fingerprint density at radius 1 is 0.463 bits per heavy atom. The van der Waals surface area contributed by atoms with Crippen molar-refractivity contribution in [1.29, 1.82) is 0 Å². The van der Waals surface area contributed by atoms with Crippen molar-refractivity contribution in [3.63, 3.8) is 0 Å². The van der Waals surface area contributed by atoms with E-state index in [4.69, 9.17) is 0 Å². The zero-order chi connectivity index (χ0) is 29.6. The molecule has 1 aromatic heterocycles. The minimum Gasteiger partial charge on any atom is -0.247 e. The van der Waals surface area contributed by atoms with Crippen LogP contribution in [0, 0.1) is 0 Å². The predicted molar refractivity (Wildman–Crippen MR) is 184 cm³/mol. The molecule has 2 nitrogen and oxygen atoms in total. The highest BCUT2D eigenvalue weighted by Crippen LogP contribution is 2.27. The van der Waals surface area contributed by atoms with E-state index in [-0.39, 0.29) is 0 Å². The fraction of sp³-hybridized carbons (Fsp3) is 0.923. The van der Waals surface area contributed by atoms with E-state index < -0.39 is 0 Å². The van der Waals surface area contributed by atoms with Crippen LogP contribution < -0.4 is 4.57 Å². The topological polar surface area (TPSA) is 19.7 Å². The Morgan fingerprint density at radius 3 is 1.20 bits per heavy atom. The average Bonchev–Trinajstić information content (AvgIpc) is 3.47. The molecule has 0 aromatic carbocycles. The number of hydrogen-bond donors (Lipinski definition) is 1. The number of nitrogens with one attached hydrogen (secondary N) is 1. The molecule has 0 spiro atoms. The smallest absolute Gasteiger partial charge is 0.247 e. The highest BCUT2D eigenvalue weighted by Gasteiger charge is 2.25. The van der Waals surface area contributed by atoms with Gasteiger partial charge in [-0.15, -0.1) is 0 Å². The average molecular weight is 574 g/mol. The molecular weight excluding hydrogens is 496 g/mol. The van der Waals surface area contributed by atoms with Gasteiger partial charge in [-0.25, -0.2) is 9.55 Å². The van der Waals surface area contributed by atoms with E-state index in [9.17, 15) is 0 Å². The van der Waals surface area contributed by atoms with Crippen LogP contribution in [0.5, 0.6) is 0 Å². The second-order valence-corrected chi connectivity index (χ2v) is 13.6. The summed E-state index contributed by atoms with van der Waals surface area (Å²) in [4.78, 5) is 3.72. The number of aromatic nitrogens is 2. The summed E-state index contributed by atoms with van der Waals surface area (Å²) in [5, 5.41) is 0. The third-order valence-electron chi connectivity index (χ3n) is 9.64. The summed E-state index contributed by atoms with van der Waals surface area (Å²) < 4.78 is 2.62. The zero-order valence-electron chi connectivity index (χ0n) is 29.0. The van der Waals surface area contributed by atoms with E-state index in [1.807, 2.05) is 0 Å². The zero-order valence-corrected chi connectivity index (χ0v) is 29.0. The van der Waals surface area contributed by atoms with Crippen molar-refractivity contribution in [3.8, 4) is 0 Å². The monoisotopic (exact) mass is 574 g/mol. The number of nitrogens with zero attached hydrogens (tertiary/aromatic N) is 1. The van der Waals surface area contributed by atoms with Gasteiger partial charge in [-0.1, -0.05) is 188 Å². The molecular formula is C39H77N2+. The van der Waals surface area contributed by atoms with Gasteiger partial charge in [0.25, 0.3) is 5.82 Å². The first-order valence-corrected chi connectivity index (χ1v) is 19.3. The van der Waals surface area contributed by atoms with Crippen molar-refractivity contribution in [1.82, 2.24) is 4.98 Å². The molecule has 0 aliphatic rings. The summed E-state index contributed by atoms with van der Waals surface area (Å²) in [6.45, 7) is 9.42. The molecule has 2 heteroatoms. The maximum absolute atomic E-state index is 3.72. The van der Waals surface area contributed by atoms with Crippen LogP contribution in [-0.4, -0.2) is 4.98 Å². The molecule has 0 aliphatic heterocycles. The van der Waals surface area contributed by atoms with Gasteiger partial charge in [-0.3, -0.25) is 0 Å². The molecule has 2 unspecified atom stereocenters. The van der Waals surface area contributed by atoms with E-state index in [0.29, 0.717) is 12.0 Å². The molecule has 1 heterocycles. The van der Waals surface area contributed by atoms with Crippen molar-refractivity contribution in [2.24, 2.45) is 0 Å². The summed E-state index contributed by atoms with van der Waals surface area (Å²) in [6, 6.07) is 0.620. The molecule has 1 rings (SSSR count). The van der Waals surface area contributed by atoms with Crippen LogP contribution in [0.2, 0.25) is 0 Å². The first-order chi connectivity index (χ1) is 20.2. The summed E-state index contributed by atoms with van der Waals surface area (Å²) >= 11 is 0. The molecule has 1 aromatic rings. The van der Waals surface area contributed by atoms with Crippen LogP contribution in [-0.2, 0) is 0 Å². The first kappa shape index (κ1) is 38.2. The molecule has 242 valence electrons. The molecule has 0 aliphatic carbocycles. The van der Waals surface area contributed by atoms with Gasteiger partial charge in [0.2, 0.25) is 0 Å². The Morgan fingerprint density at radius 2 is 0.780 bits per heavy atom. The highest BCUT2D eigenvalue weighted by atomic mass is 15.1. The Balaban J connectivity index is 2.26. The van der Waals surface area contributed by atoms with E-state index in [1.54, 1.807) is 0 Å². The second-order valence-electron chi connectivity index (χ2n) is 13.6. The van der Waals surface area contributed by atoms with E-state index >= 15 is 0 Å². The molecule has 1 N–H and O–H groups in total. The largest absolute Gasteiger partial charge is 0.257 e. The van der Waals surface area contributed by atoms with Crippen molar-refractivity contribution in [2.45, 2.75) is 232 Å². The van der Waals surface area contributed by atoms with Gasteiger partial charge in [-0.05, 0) is 32.6 Å². The fourth-order valence-electron chi connectivity index (χ4n) is 6.78. The SMILES string of the molecule is CCCCCCCCCCCCCCC(CCCCC)c1[nH]cc[n+]1C(C)CCCCCCCCCCCCCC. The third kappa shape index (κ3) is 21.5. The number of imidazole rings is 1. The molecule has 0 saturated heterocycles. The summed E-state index contributed by atoms with van der Waals surface area (Å²) in [6.07, 6.45) is 47.2. The van der Waals surface area contributed by atoms with Crippen LogP contribution in [0.3, 0.4) is 0 Å². The maximum Gasteiger partial charge on any atom is 0.257 e. The minimum atomic E-state index is 0.620. The van der Waals surface area contributed by atoms with Gasteiger partial charge in [0.05, 0.1) is 12.0 Å². The van der Waals surface area contributed by atoms with Crippen LogP contribution in [0.25, 0.3) is 0 Å². The third-order valence-corrected chi connectivity index (χ3v) is 9.64. The molecule has 41 heavy (non-hydrogen) atoms. The minimum absolute atomic E-state index is 0.620. The number of hydrogen-bond acceptors (Lipinski definition) is 0. The number of H-pyrrole nitrogens is 1. The van der Waals surface area contributed by atoms with Crippen molar-refractivity contribution in [2.75, 3.05) is 0 Å². The van der Waals surface area contributed by atoms with Crippen LogP contribution >= 0.6 is 0 Å². The van der Waals surface area contributed by atoms with Gasteiger partial charge < -0.3 is 0 Å². The molecule has 0 fully saturated rings. The van der Waals surface area contributed by atoms with Gasteiger partial charge >= 0.3 is 0 Å². The lowest BCUT2D eigenvalue weighted by molar-refractivity contribution is -0.727. The number of aromatic amines is 1. The van der Waals surface area contributed by atoms with Gasteiger partial charge in [0.15, 0.2) is 0 Å². The van der Waals surface area contributed by atoms with Crippen molar-refractivity contribution >= 4 is 0 Å². The van der Waals surface area contributed by atoms with Crippen LogP contribution in [0.4, 0.5) is 0 Å². The number of unbranched alkanes of at least 4 members (excludes halogenated alkanes) is 24. The first-order valence-electron chi connectivity index (χ1n) is 19.3. The standard InChI is InChI=1S/C39H76N2/c1-5-8-11-13-15-17-19-21-23-25-27-30-32-37(4)41-36-35-40-39(41)38(33-29-10-7-3)34-31-28-26-24-22-20-18-16-14-12-9-6-2/h35-38H,5-34H2,1-4H3/p+1.